The molecule has 2 saturated carbocycles. The Balaban J connectivity index is 1.34. The first kappa shape index (κ1) is 26.6. The van der Waals surface area contributed by atoms with Gasteiger partial charge in [0.2, 0.25) is 0 Å². The Bertz CT molecular complexity index is 1360. The molecule has 0 radical (unpaired) electrons. The summed E-state index contributed by atoms with van der Waals surface area (Å²) in [7, 11) is 0. The van der Waals surface area contributed by atoms with E-state index in [0.29, 0.717) is 24.1 Å². The highest BCUT2D eigenvalue weighted by atomic mass is 19.1. The number of carbonyl (C=O) groups is 2. The topological polar surface area (TPSA) is 137 Å². The highest BCUT2D eigenvalue weighted by Crippen LogP contribution is 2.31. The largest absolute Gasteiger partial charge is 0.465 e. The number of hydrogen-bond acceptors (Lipinski definition) is 7. The van der Waals surface area contributed by atoms with Gasteiger partial charge in [0, 0.05) is 36.9 Å². The van der Waals surface area contributed by atoms with E-state index in [2.05, 4.69) is 31.0 Å². The highest BCUT2D eigenvalue weighted by molar-refractivity contribution is 6.03. The average molecular weight is 539 g/mol. The van der Waals surface area contributed by atoms with Crippen LogP contribution < -0.4 is 16.0 Å². The SMILES string of the molecule is CC(C)(C)CN(C(=O)O)C1CCC(Nc2cc(NC3CC3)c3ncc(C(=O)Nc4ccncc4F)n3n2)CC1. The van der Waals surface area contributed by atoms with Crippen molar-refractivity contribution >= 4 is 34.8 Å². The number of amides is 2. The van der Waals surface area contributed by atoms with Gasteiger partial charge in [-0.05, 0) is 50.0 Å². The van der Waals surface area contributed by atoms with Crippen LogP contribution in [0, 0.1) is 11.2 Å². The summed E-state index contributed by atoms with van der Waals surface area (Å²) in [6, 6.07) is 3.74. The molecule has 208 valence electrons. The minimum atomic E-state index is -0.873. The quantitative estimate of drug-likeness (QED) is 0.320. The van der Waals surface area contributed by atoms with Gasteiger partial charge in [0.1, 0.15) is 5.82 Å². The Morgan fingerprint density at radius 3 is 2.41 bits per heavy atom. The predicted molar refractivity (Wildman–Crippen MR) is 146 cm³/mol. The van der Waals surface area contributed by atoms with Crippen molar-refractivity contribution in [3.8, 4) is 0 Å². The van der Waals surface area contributed by atoms with E-state index < -0.39 is 17.8 Å². The van der Waals surface area contributed by atoms with Crippen molar-refractivity contribution in [1.29, 1.82) is 0 Å². The van der Waals surface area contributed by atoms with E-state index in [4.69, 9.17) is 0 Å². The fourth-order valence-corrected chi connectivity index (χ4v) is 5.02. The second-order valence-electron chi connectivity index (χ2n) is 11.7. The molecule has 12 heteroatoms. The molecule has 0 aromatic carbocycles. The highest BCUT2D eigenvalue weighted by Gasteiger charge is 2.32. The summed E-state index contributed by atoms with van der Waals surface area (Å²) in [5.74, 6) is -0.589. The molecule has 0 spiro atoms. The number of pyridine rings is 1. The minimum absolute atomic E-state index is 0.0140. The van der Waals surface area contributed by atoms with Crippen LogP contribution in [-0.2, 0) is 0 Å². The average Bonchev–Trinajstić information content (AvgIpc) is 3.59. The molecule has 5 rings (SSSR count). The van der Waals surface area contributed by atoms with Crippen LogP contribution in [0.25, 0.3) is 5.65 Å². The lowest BCUT2D eigenvalue weighted by Gasteiger charge is -2.38. The monoisotopic (exact) mass is 538 g/mol. The third-order valence-corrected chi connectivity index (χ3v) is 7.04. The van der Waals surface area contributed by atoms with Crippen molar-refractivity contribution < 1.29 is 19.1 Å². The lowest BCUT2D eigenvalue weighted by atomic mass is 9.88. The van der Waals surface area contributed by atoms with Crippen molar-refractivity contribution in [2.24, 2.45) is 5.41 Å². The molecule has 4 N–H and O–H groups in total. The summed E-state index contributed by atoms with van der Waals surface area (Å²) in [5.41, 5.74) is 1.35. The number of carboxylic acid groups (broad SMARTS) is 1. The molecule has 3 aromatic heterocycles. The normalized spacial score (nSPS) is 19.5. The first-order chi connectivity index (χ1) is 18.6. The first-order valence-electron chi connectivity index (χ1n) is 13.4. The Morgan fingerprint density at radius 1 is 1.08 bits per heavy atom. The molecule has 2 aliphatic carbocycles. The van der Waals surface area contributed by atoms with Gasteiger partial charge < -0.3 is 26.0 Å². The molecule has 2 aliphatic rings. The number of fused-ring (bicyclic) bond motifs is 1. The number of nitrogens with one attached hydrogen (secondary N) is 3. The molecule has 3 aromatic rings. The molecule has 0 aliphatic heterocycles. The summed E-state index contributed by atoms with van der Waals surface area (Å²) >= 11 is 0. The number of anilines is 3. The maximum atomic E-state index is 14.1. The van der Waals surface area contributed by atoms with E-state index in [-0.39, 0.29) is 28.9 Å². The van der Waals surface area contributed by atoms with Crippen LogP contribution in [0.1, 0.15) is 69.8 Å². The van der Waals surface area contributed by atoms with Gasteiger partial charge in [0.05, 0.1) is 23.8 Å². The van der Waals surface area contributed by atoms with E-state index in [9.17, 15) is 19.1 Å². The van der Waals surface area contributed by atoms with Gasteiger partial charge in [-0.2, -0.15) is 0 Å². The van der Waals surface area contributed by atoms with Gasteiger partial charge in [0.15, 0.2) is 17.2 Å². The predicted octanol–water partition coefficient (Wildman–Crippen LogP) is 4.84. The third kappa shape index (κ3) is 6.37. The van der Waals surface area contributed by atoms with Gasteiger partial charge in [0.25, 0.3) is 5.91 Å². The fraction of sp³-hybridized carbons (Fsp3) is 0.519. The van der Waals surface area contributed by atoms with Crippen LogP contribution >= 0.6 is 0 Å². The number of carbonyl (C=O) groups excluding carboxylic acids is 1. The van der Waals surface area contributed by atoms with Crippen molar-refractivity contribution in [1.82, 2.24) is 24.5 Å². The number of halogens is 1. The molecule has 2 amide bonds. The zero-order valence-corrected chi connectivity index (χ0v) is 22.4. The van der Waals surface area contributed by atoms with E-state index in [1.54, 1.807) is 4.90 Å². The Kier molecular flexibility index (Phi) is 7.28. The van der Waals surface area contributed by atoms with Crippen LogP contribution in [-0.4, -0.2) is 66.3 Å². The van der Waals surface area contributed by atoms with Crippen LogP contribution in [0.2, 0.25) is 0 Å². The Morgan fingerprint density at radius 2 is 1.77 bits per heavy atom. The van der Waals surface area contributed by atoms with E-state index in [1.807, 2.05) is 26.8 Å². The lowest BCUT2D eigenvalue weighted by Crippen LogP contribution is -2.46. The number of hydrogen-bond donors (Lipinski definition) is 4. The van der Waals surface area contributed by atoms with Crippen LogP contribution in [0.15, 0.2) is 30.7 Å². The second kappa shape index (κ2) is 10.7. The molecule has 2 fully saturated rings. The first-order valence-corrected chi connectivity index (χ1v) is 13.4. The molecule has 0 atom stereocenters. The van der Waals surface area contributed by atoms with E-state index in [1.165, 1.54) is 23.0 Å². The van der Waals surface area contributed by atoms with Gasteiger partial charge in [-0.15, -0.1) is 5.10 Å². The molecule has 0 bridgehead atoms. The van der Waals surface area contributed by atoms with Crippen molar-refractivity contribution in [2.75, 3.05) is 22.5 Å². The van der Waals surface area contributed by atoms with Crippen molar-refractivity contribution in [2.45, 2.75) is 77.4 Å². The van der Waals surface area contributed by atoms with E-state index in [0.717, 1.165) is 50.4 Å². The molecular weight excluding hydrogens is 503 g/mol. The number of aromatic nitrogens is 4. The number of imidazole rings is 1. The Hall–Kier alpha value is -3.96. The van der Waals surface area contributed by atoms with Gasteiger partial charge in [-0.3, -0.25) is 9.78 Å². The standard InChI is InChI=1S/C27H35FN8O3/c1-27(2,3)15-35(26(38)39)18-8-6-17(7-9-18)32-23-12-21(31-16-4-5-16)24-30-14-22(36(24)34-23)25(37)33-20-10-11-29-13-19(20)28/h10-14,16-18,31H,4-9,15H2,1-3H3,(H,32,34)(H,38,39)(H,29,33,37). The summed E-state index contributed by atoms with van der Waals surface area (Å²) in [5, 5.41) is 24.0. The van der Waals surface area contributed by atoms with Crippen LogP contribution in [0.5, 0.6) is 0 Å². The molecule has 11 nitrogen and oxygen atoms in total. The van der Waals surface area contributed by atoms with Gasteiger partial charge >= 0.3 is 6.09 Å². The summed E-state index contributed by atoms with van der Waals surface area (Å²) in [6.07, 6.45) is 8.22. The van der Waals surface area contributed by atoms with Crippen LogP contribution in [0.4, 0.5) is 26.4 Å². The number of rotatable bonds is 8. The minimum Gasteiger partial charge on any atom is -0.465 e. The van der Waals surface area contributed by atoms with E-state index >= 15 is 0 Å². The number of nitrogens with zero attached hydrogens (tertiary/aromatic N) is 5. The molecular formula is C27H35FN8O3. The summed E-state index contributed by atoms with van der Waals surface area (Å²) in [6.45, 7) is 6.63. The fourth-order valence-electron chi connectivity index (χ4n) is 5.02. The summed E-state index contributed by atoms with van der Waals surface area (Å²) < 4.78 is 15.6. The smallest absolute Gasteiger partial charge is 0.407 e. The van der Waals surface area contributed by atoms with Gasteiger partial charge in [-0.25, -0.2) is 18.7 Å². The Labute approximate surface area is 226 Å². The molecule has 39 heavy (non-hydrogen) atoms. The third-order valence-electron chi connectivity index (χ3n) is 7.04. The molecule has 3 heterocycles. The summed E-state index contributed by atoms with van der Waals surface area (Å²) in [4.78, 5) is 34.7. The molecule has 0 unspecified atom stereocenters. The molecule has 0 saturated heterocycles. The lowest BCUT2D eigenvalue weighted by molar-refractivity contribution is 0.0875. The zero-order chi connectivity index (χ0) is 27.7. The van der Waals surface area contributed by atoms with Crippen molar-refractivity contribution in [3.05, 3.63) is 42.2 Å². The maximum absolute atomic E-state index is 14.1. The van der Waals surface area contributed by atoms with Crippen molar-refractivity contribution in [3.63, 3.8) is 0 Å². The maximum Gasteiger partial charge on any atom is 0.407 e. The second-order valence-corrected chi connectivity index (χ2v) is 11.7. The van der Waals surface area contributed by atoms with Crippen LogP contribution in [0.3, 0.4) is 0 Å². The zero-order valence-electron chi connectivity index (χ0n) is 22.4. The van der Waals surface area contributed by atoms with Gasteiger partial charge in [-0.1, -0.05) is 20.8 Å².